The van der Waals surface area contributed by atoms with E-state index in [2.05, 4.69) is 10.3 Å². The number of carbonyl (C=O) groups excluding carboxylic acids is 1. The molecule has 120 valence electrons. The summed E-state index contributed by atoms with van der Waals surface area (Å²) in [5, 5.41) is 7.78. The molecule has 0 N–H and O–H groups in total. The Kier molecular flexibility index (Phi) is 3.49. The number of rotatable bonds is 2. The number of benzene rings is 2. The Morgan fingerprint density at radius 2 is 2.08 bits per heavy atom. The molecule has 0 radical (unpaired) electrons. The molecule has 1 atom stereocenters. The highest BCUT2D eigenvalue weighted by Crippen LogP contribution is 2.34. The number of anilines is 1. The third-order valence-corrected chi connectivity index (χ3v) is 4.04. The molecule has 0 spiro atoms. The molecule has 2 heterocycles. The van der Waals surface area contributed by atoms with Crippen molar-refractivity contribution in [1.82, 2.24) is 15.0 Å². The largest absolute Gasteiger partial charge is 0.489 e. The van der Waals surface area contributed by atoms with Crippen LogP contribution in [-0.2, 0) is 0 Å². The zero-order chi connectivity index (χ0) is 16.5. The fourth-order valence-electron chi connectivity index (χ4n) is 2.88. The van der Waals surface area contributed by atoms with Crippen LogP contribution in [0.15, 0.2) is 60.9 Å². The Morgan fingerprint density at radius 1 is 1.21 bits per heavy atom. The normalized spacial score (nSPS) is 16.4. The number of para-hydroxylation sites is 2. The van der Waals surface area contributed by atoms with E-state index in [0.717, 1.165) is 17.1 Å². The number of fused-ring (bicyclic) bond motifs is 1. The molecule has 6 nitrogen and oxygen atoms in total. The lowest BCUT2D eigenvalue weighted by Crippen LogP contribution is -2.45. The van der Waals surface area contributed by atoms with E-state index < -0.39 is 0 Å². The van der Waals surface area contributed by atoms with Crippen LogP contribution in [0.2, 0.25) is 0 Å². The third kappa shape index (κ3) is 2.42. The van der Waals surface area contributed by atoms with Gasteiger partial charge in [-0.1, -0.05) is 23.4 Å². The first-order valence-corrected chi connectivity index (χ1v) is 7.76. The molecule has 3 aromatic rings. The molecule has 4 rings (SSSR count). The SMILES string of the molecule is C[C@H]1COc2ccccc2N1C(=O)c1cccc(-n2ccnn2)c1. The van der Waals surface area contributed by atoms with Gasteiger partial charge in [0.2, 0.25) is 0 Å². The minimum Gasteiger partial charge on any atom is -0.489 e. The number of aromatic nitrogens is 3. The molecular weight excluding hydrogens is 304 g/mol. The van der Waals surface area contributed by atoms with E-state index in [-0.39, 0.29) is 11.9 Å². The maximum Gasteiger partial charge on any atom is 0.258 e. The fraction of sp³-hybridized carbons (Fsp3) is 0.167. The average molecular weight is 320 g/mol. The molecule has 1 aliphatic rings. The highest BCUT2D eigenvalue weighted by atomic mass is 16.5. The van der Waals surface area contributed by atoms with Crippen LogP contribution in [0, 0.1) is 0 Å². The highest BCUT2D eigenvalue weighted by Gasteiger charge is 2.30. The first-order chi connectivity index (χ1) is 11.7. The first kappa shape index (κ1) is 14.4. The second-order valence-electron chi connectivity index (χ2n) is 5.70. The maximum atomic E-state index is 13.1. The second kappa shape index (κ2) is 5.81. The Bertz CT molecular complexity index is 876. The van der Waals surface area contributed by atoms with Crippen molar-refractivity contribution in [2.24, 2.45) is 0 Å². The predicted octanol–water partition coefficient (Wildman–Crippen LogP) is 2.70. The van der Waals surface area contributed by atoms with Gasteiger partial charge in [0.1, 0.15) is 12.4 Å². The summed E-state index contributed by atoms with van der Waals surface area (Å²) in [6.45, 7) is 2.46. The van der Waals surface area contributed by atoms with Gasteiger partial charge in [-0.25, -0.2) is 4.68 Å². The molecule has 1 aliphatic heterocycles. The molecule has 1 aromatic heterocycles. The smallest absolute Gasteiger partial charge is 0.258 e. The molecule has 2 aromatic carbocycles. The molecule has 0 fully saturated rings. The molecule has 0 unspecified atom stereocenters. The van der Waals surface area contributed by atoms with Crippen molar-refractivity contribution in [1.29, 1.82) is 0 Å². The lowest BCUT2D eigenvalue weighted by molar-refractivity contribution is 0.0961. The second-order valence-corrected chi connectivity index (χ2v) is 5.70. The molecule has 6 heteroatoms. The van der Waals surface area contributed by atoms with E-state index in [1.165, 1.54) is 0 Å². The third-order valence-electron chi connectivity index (χ3n) is 4.04. The molecule has 24 heavy (non-hydrogen) atoms. The minimum absolute atomic E-state index is 0.0394. The molecule has 0 bridgehead atoms. The fourth-order valence-corrected chi connectivity index (χ4v) is 2.88. The summed E-state index contributed by atoms with van der Waals surface area (Å²) in [7, 11) is 0. The van der Waals surface area contributed by atoms with Crippen molar-refractivity contribution in [2.75, 3.05) is 11.5 Å². The number of hydrogen-bond acceptors (Lipinski definition) is 4. The van der Waals surface area contributed by atoms with Crippen LogP contribution in [0.3, 0.4) is 0 Å². The van der Waals surface area contributed by atoms with Crippen molar-refractivity contribution in [3.8, 4) is 11.4 Å². The summed E-state index contributed by atoms with van der Waals surface area (Å²) in [6, 6.07) is 14.9. The van der Waals surface area contributed by atoms with Crippen LogP contribution >= 0.6 is 0 Å². The van der Waals surface area contributed by atoms with Crippen LogP contribution in [0.4, 0.5) is 5.69 Å². The Labute approximate surface area is 139 Å². The van der Waals surface area contributed by atoms with Crippen LogP contribution < -0.4 is 9.64 Å². The van der Waals surface area contributed by atoms with Gasteiger partial charge in [0, 0.05) is 5.56 Å². The van der Waals surface area contributed by atoms with Gasteiger partial charge in [0.05, 0.1) is 29.8 Å². The van der Waals surface area contributed by atoms with E-state index in [1.807, 2.05) is 55.5 Å². The monoisotopic (exact) mass is 320 g/mol. The number of carbonyl (C=O) groups is 1. The first-order valence-electron chi connectivity index (χ1n) is 7.76. The zero-order valence-electron chi connectivity index (χ0n) is 13.2. The van der Waals surface area contributed by atoms with Gasteiger partial charge in [-0.05, 0) is 37.3 Å². The van der Waals surface area contributed by atoms with Crippen LogP contribution in [-0.4, -0.2) is 33.5 Å². The summed E-state index contributed by atoms with van der Waals surface area (Å²) in [6.07, 6.45) is 3.35. The van der Waals surface area contributed by atoms with E-state index >= 15 is 0 Å². The van der Waals surface area contributed by atoms with Crippen molar-refractivity contribution >= 4 is 11.6 Å². The predicted molar refractivity (Wildman–Crippen MR) is 89.6 cm³/mol. The summed E-state index contributed by atoms with van der Waals surface area (Å²) in [5.74, 6) is 0.677. The van der Waals surface area contributed by atoms with Crippen LogP contribution in [0.25, 0.3) is 5.69 Å². The van der Waals surface area contributed by atoms with Crippen LogP contribution in [0.1, 0.15) is 17.3 Å². The quantitative estimate of drug-likeness (QED) is 0.728. The standard InChI is InChI=1S/C18H16N4O2/c1-13-12-24-17-8-3-2-7-16(17)22(13)18(23)14-5-4-6-15(11-14)21-10-9-19-20-21/h2-11,13H,12H2,1H3/t13-/m0/s1. The lowest BCUT2D eigenvalue weighted by Gasteiger charge is -2.35. The highest BCUT2D eigenvalue weighted by molar-refractivity contribution is 6.07. The molecule has 0 aliphatic carbocycles. The van der Waals surface area contributed by atoms with Crippen molar-refractivity contribution < 1.29 is 9.53 Å². The Morgan fingerprint density at radius 3 is 2.92 bits per heavy atom. The summed E-state index contributed by atoms with van der Waals surface area (Å²) in [4.78, 5) is 14.9. The van der Waals surface area contributed by atoms with Gasteiger partial charge in [-0.2, -0.15) is 0 Å². The summed E-state index contributed by atoms with van der Waals surface area (Å²) in [5.41, 5.74) is 2.20. The van der Waals surface area contributed by atoms with Gasteiger partial charge in [-0.3, -0.25) is 9.69 Å². The molecular formula is C18H16N4O2. The molecule has 1 amide bonds. The summed E-state index contributed by atoms with van der Waals surface area (Å²) >= 11 is 0. The molecule has 0 saturated heterocycles. The van der Waals surface area contributed by atoms with Crippen molar-refractivity contribution in [2.45, 2.75) is 13.0 Å². The van der Waals surface area contributed by atoms with E-state index in [1.54, 1.807) is 22.0 Å². The lowest BCUT2D eigenvalue weighted by atomic mass is 10.1. The van der Waals surface area contributed by atoms with Gasteiger partial charge >= 0.3 is 0 Å². The number of ether oxygens (including phenoxy) is 1. The van der Waals surface area contributed by atoms with Crippen LogP contribution in [0.5, 0.6) is 5.75 Å². The summed E-state index contributed by atoms with van der Waals surface area (Å²) < 4.78 is 7.35. The van der Waals surface area contributed by atoms with E-state index in [9.17, 15) is 4.79 Å². The topological polar surface area (TPSA) is 60.2 Å². The average Bonchev–Trinajstić information content (AvgIpc) is 3.16. The van der Waals surface area contributed by atoms with Gasteiger partial charge in [0.25, 0.3) is 5.91 Å². The number of amides is 1. The number of hydrogen-bond donors (Lipinski definition) is 0. The molecule has 0 saturated carbocycles. The zero-order valence-corrected chi connectivity index (χ0v) is 13.2. The van der Waals surface area contributed by atoms with E-state index in [4.69, 9.17) is 4.74 Å². The van der Waals surface area contributed by atoms with E-state index in [0.29, 0.717) is 12.2 Å². The number of nitrogens with zero attached hydrogens (tertiary/aromatic N) is 4. The van der Waals surface area contributed by atoms with Crippen molar-refractivity contribution in [3.05, 3.63) is 66.5 Å². The van der Waals surface area contributed by atoms with Gasteiger partial charge < -0.3 is 4.74 Å². The van der Waals surface area contributed by atoms with Gasteiger partial charge in [0.15, 0.2) is 0 Å². The van der Waals surface area contributed by atoms with Crippen molar-refractivity contribution in [3.63, 3.8) is 0 Å². The maximum absolute atomic E-state index is 13.1. The minimum atomic E-state index is -0.0554. The Balaban J connectivity index is 1.73. The Hall–Kier alpha value is -3.15. The van der Waals surface area contributed by atoms with Gasteiger partial charge in [-0.15, -0.1) is 5.10 Å².